The van der Waals surface area contributed by atoms with E-state index in [2.05, 4.69) is 4.74 Å². The van der Waals surface area contributed by atoms with Crippen LogP contribution in [-0.2, 0) is 15.7 Å². The van der Waals surface area contributed by atoms with Crippen LogP contribution in [0.15, 0.2) is 42.5 Å². The Kier molecular flexibility index (Phi) is 5.16. The van der Waals surface area contributed by atoms with E-state index in [0.717, 1.165) is 30.3 Å². The van der Waals surface area contributed by atoms with Crippen LogP contribution in [0.4, 0.5) is 18.9 Å². The van der Waals surface area contributed by atoms with Gasteiger partial charge in [0.05, 0.1) is 11.3 Å². The van der Waals surface area contributed by atoms with Gasteiger partial charge in [-0.2, -0.15) is 13.2 Å². The second-order valence-electron chi connectivity index (χ2n) is 4.87. The second kappa shape index (κ2) is 7.12. The summed E-state index contributed by atoms with van der Waals surface area (Å²) in [4.78, 5) is 23.4. The van der Waals surface area contributed by atoms with Crippen LogP contribution in [0, 0.1) is 0 Å². The van der Waals surface area contributed by atoms with E-state index < -0.39 is 41.7 Å². The maximum absolute atomic E-state index is 12.8. The summed E-state index contributed by atoms with van der Waals surface area (Å²) in [5.41, 5.74) is -1.81. The van der Waals surface area contributed by atoms with Crippen LogP contribution in [-0.4, -0.2) is 28.7 Å². The van der Waals surface area contributed by atoms with E-state index in [1.165, 1.54) is 12.1 Å². The lowest BCUT2D eigenvalue weighted by Gasteiger charge is -2.13. The van der Waals surface area contributed by atoms with Crippen molar-refractivity contribution < 1.29 is 37.7 Å². The first kappa shape index (κ1) is 18.1. The Balaban J connectivity index is 2.01. The number of benzene rings is 2. The molecule has 0 heterocycles. The topological polar surface area (TPSA) is 95.9 Å². The van der Waals surface area contributed by atoms with Gasteiger partial charge >= 0.3 is 12.1 Å². The highest BCUT2D eigenvalue weighted by molar-refractivity contribution is 5.97. The number of esters is 1. The average molecular weight is 355 g/mol. The lowest BCUT2D eigenvalue weighted by Crippen LogP contribution is -2.22. The highest BCUT2D eigenvalue weighted by Gasteiger charge is 2.33. The van der Waals surface area contributed by atoms with Crippen molar-refractivity contribution >= 4 is 17.6 Å². The number of alkyl halides is 3. The lowest BCUT2D eigenvalue weighted by atomic mass is 10.1. The van der Waals surface area contributed by atoms with Gasteiger partial charge in [-0.3, -0.25) is 4.79 Å². The summed E-state index contributed by atoms with van der Waals surface area (Å²) < 4.78 is 43.1. The van der Waals surface area contributed by atoms with Crippen molar-refractivity contribution in [2.24, 2.45) is 0 Å². The molecule has 0 radical (unpaired) electrons. The number of anilines is 1. The first-order valence-electron chi connectivity index (χ1n) is 6.83. The third kappa shape index (κ3) is 4.63. The number of hydrogen-bond donors (Lipinski definition) is 3. The minimum absolute atomic E-state index is 0.282. The average Bonchev–Trinajstić information content (AvgIpc) is 2.52. The maximum Gasteiger partial charge on any atom is 0.418 e. The van der Waals surface area contributed by atoms with Gasteiger partial charge in [-0.15, -0.1) is 0 Å². The Hall–Kier alpha value is -3.23. The Morgan fingerprint density at radius 2 is 1.76 bits per heavy atom. The zero-order valence-electron chi connectivity index (χ0n) is 12.5. The zero-order chi connectivity index (χ0) is 18.6. The maximum atomic E-state index is 12.8. The third-order valence-electron chi connectivity index (χ3n) is 3.04. The number of amides is 1. The molecule has 3 N–H and O–H groups in total. The van der Waals surface area contributed by atoms with Crippen molar-refractivity contribution in [2.75, 3.05) is 11.9 Å². The molecule has 0 bridgehead atoms. The van der Waals surface area contributed by atoms with E-state index in [-0.39, 0.29) is 11.3 Å². The van der Waals surface area contributed by atoms with Crippen LogP contribution in [0.3, 0.4) is 0 Å². The molecule has 6 nitrogen and oxygen atoms in total. The van der Waals surface area contributed by atoms with Crippen molar-refractivity contribution in [3.05, 3.63) is 53.6 Å². The molecular weight excluding hydrogens is 343 g/mol. The predicted octanol–water partition coefficient (Wildman–Crippen LogP) is 2.91. The predicted molar refractivity (Wildman–Crippen MR) is 80.1 cm³/mol. The first-order chi connectivity index (χ1) is 11.7. The molecule has 0 spiro atoms. The Labute approximate surface area is 139 Å². The fraction of sp³-hybridized carbons (Fsp3) is 0.125. The highest BCUT2D eigenvalue weighted by Crippen LogP contribution is 2.34. The number of carbonyl (C=O) groups excluding carboxylic acids is 2. The summed E-state index contributed by atoms with van der Waals surface area (Å²) >= 11 is 0. The smallest absolute Gasteiger partial charge is 0.418 e. The standard InChI is InChI=1S/C16H12F3NO5/c17-16(18,19)11-3-1-2-4-12(11)20-14(23)8-25-15(24)10-6-5-9(21)7-13(10)22/h1-7,21-22H,8H2,(H,20,23). The fourth-order valence-electron chi connectivity index (χ4n) is 1.93. The molecule has 0 atom stereocenters. The summed E-state index contributed by atoms with van der Waals surface area (Å²) in [6.45, 7) is -0.856. The van der Waals surface area contributed by atoms with Crippen LogP contribution in [0.2, 0.25) is 0 Å². The van der Waals surface area contributed by atoms with Gasteiger partial charge in [-0.1, -0.05) is 12.1 Å². The molecule has 0 aromatic heterocycles. The van der Waals surface area contributed by atoms with Gasteiger partial charge in [0.1, 0.15) is 17.1 Å². The van der Waals surface area contributed by atoms with Gasteiger partial charge in [0.15, 0.2) is 6.61 Å². The zero-order valence-corrected chi connectivity index (χ0v) is 12.5. The number of phenolic OH excluding ortho intramolecular Hbond substituents is 2. The van der Waals surface area contributed by atoms with Crippen LogP contribution >= 0.6 is 0 Å². The molecule has 0 saturated heterocycles. The van der Waals surface area contributed by atoms with E-state index in [1.54, 1.807) is 0 Å². The molecule has 2 aromatic carbocycles. The number of para-hydroxylation sites is 1. The van der Waals surface area contributed by atoms with Gasteiger partial charge in [-0.05, 0) is 24.3 Å². The molecule has 132 valence electrons. The van der Waals surface area contributed by atoms with Crippen LogP contribution in [0.5, 0.6) is 11.5 Å². The Morgan fingerprint density at radius 1 is 1.08 bits per heavy atom. The summed E-state index contributed by atoms with van der Waals surface area (Å²) in [5.74, 6) is -2.90. The third-order valence-corrected chi connectivity index (χ3v) is 3.04. The lowest BCUT2D eigenvalue weighted by molar-refractivity contribution is -0.137. The minimum Gasteiger partial charge on any atom is -0.508 e. The molecule has 0 aliphatic carbocycles. The number of rotatable bonds is 4. The quantitative estimate of drug-likeness (QED) is 0.733. The summed E-state index contributed by atoms with van der Waals surface area (Å²) in [6, 6.07) is 7.44. The van der Waals surface area contributed by atoms with Crippen molar-refractivity contribution in [3.63, 3.8) is 0 Å². The highest BCUT2D eigenvalue weighted by atomic mass is 19.4. The van der Waals surface area contributed by atoms with Gasteiger partial charge in [0.2, 0.25) is 0 Å². The first-order valence-corrected chi connectivity index (χ1v) is 6.83. The largest absolute Gasteiger partial charge is 0.508 e. The van der Waals surface area contributed by atoms with E-state index in [0.29, 0.717) is 0 Å². The molecule has 2 rings (SSSR count). The number of halogens is 3. The SMILES string of the molecule is O=C(COC(=O)c1ccc(O)cc1O)Nc1ccccc1C(F)(F)F. The number of aromatic hydroxyl groups is 2. The van der Waals surface area contributed by atoms with Gasteiger partial charge < -0.3 is 20.3 Å². The normalized spacial score (nSPS) is 11.0. The number of nitrogens with one attached hydrogen (secondary N) is 1. The summed E-state index contributed by atoms with van der Waals surface area (Å²) in [7, 11) is 0. The van der Waals surface area contributed by atoms with Crippen molar-refractivity contribution in [3.8, 4) is 11.5 Å². The van der Waals surface area contributed by atoms with Crippen molar-refractivity contribution in [1.29, 1.82) is 0 Å². The number of carbonyl (C=O) groups is 2. The van der Waals surface area contributed by atoms with Crippen LogP contribution in [0.1, 0.15) is 15.9 Å². The van der Waals surface area contributed by atoms with Crippen LogP contribution < -0.4 is 5.32 Å². The van der Waals surface area contributed by atoms with Crippen molar-refractivity contribution in [1.82, 2.24) is 0 Å². The summed E-state index contributed by atoms with van der Waals surface area (Å²) in [5, 5.41) is 20.6. The fourth-order valence-corrected chi connectivity index (χ4v) is 1.93. The monoisotopic (exact) mass is 355 g/mol. The number of hydrogen-bond acceptors (Lipinski definition) is 5. The molecule has 25 heavy (non-hydrogen) atoms. The van der Waals surface area contributed by atoms with Gasteiger partial charge in [-0.25, -0.2) is 4.79 Å². The van der Waals surface area contributed by atoms with E-state index in [9.17, 15) is 27.9 Å². The Morgan fingerprint density at radius 3 is 2.40 bits per heavy atom. The minimum atomic E-state index is -4.65. The number of ether oxygens (including phenoxy) is 1. The van der Waals surface area contributed by atoms with Crippen LogP contribution in [0.25, 0.3) is 0 Å². The second-order valence-corrected chi connectivity index (χ2v) is 4.87. The summed E-state index contributed by atoms with van der Waals surface area (Å²) in [6.07, 6.45) is -4.65. The molecule has 0 unspecified atom stereocenters. The Bertz CT molecular complexity index is 805. The van der Waals surface area contributed by atoms with Gasteiger partial charge in [0.25, 0.3) is 5.91 Å². The molecule has 0 aliphatic rings. The van der Waals surface area contributed by atoms with E-state index in [4.69, 9.17) is 5.11 Å². The molecule has 0 saturated carbocycles. The number of phenols is 2. The molecule has 9 heteroatoms. The molecular formula is C16H12F3NO5. The molecule has 2 aromatic rings. The van der Waals surface area contributed by atoms with E-state index in [1.807, 2.05) is 5.32 Å². The molecule has 0 fully saturated rings. The molecule has 0 aliphatic heterocycles. The molecule has 1 amide bonds. The van der Waals surface area contributed by atoms with Gasteiger partial charge in [0, 0.05) is 6.07 Å². The van der Waals surface area contributed by atoms with Crippen molar-refractivity contribution in [2.45, 2.75) is 6.18 Å². The van der Waals surface area contributed by atoms with E-state index >= 15 is 0 Å².